The molecule has 5 nitrogen and oxygen atoms in total. The molecule has 0 fully saturated rings. The van der Waals surface area contributed by atoms with Crippen molar-refractivity contribution in [2.75, 3.05) is 7.11 Å². The number of hydrogen-bond acceptors (Lipinski definition) is 5. The van der Waals surface area contributed by atoms with E-state index in [1.807, 2.05) is 40.1 Å². The number of rotatable bonds is 2. The number of aromatic nitrogens is 4. The fourth-order valence-corrected chi connectivity index (χ4v) is 3.00. The molecule has 0 saturated heterocycles. The number of ether oxygens (including phenoxy) is 1. The third-order valence-electron chi connectivity index (χ3n) is 3.20. The van der Waals surface area contributed by atoms with E-state index in [1.165, 1.54) is 0 Å². The number of methoxy groups -OCH3 is 1. The summed E-state index contributed by atoms with van der Waals surface area (Å²) in [6.07, 6.45) is 1.77. The minimum atomic E-state index is 0.783. The van der Waals surface area contributed by atoms with Crippen LogP contribution in [0, 0.1) is 0 Å². The van der Waals surface area contributed by atoms with Gasteiger partial charge in [0.1, 0.15) is 12.1 Å². The molecule has 1 aromatic carbocycles. The summed E-state index contributed by atoms with van der Waals surface area (Å²) in [6.45, 7) is 0. The first-order valence-electron chi connectivity index (χ1n) is 6.08. The Balaban J connectivity index is 1.94. The maximum atomic E-state index is 5.17. The van der Waals surface area contributed by atoms with Crippen molar-refractivity contribution in [3.63, 3.8) is 0 Å². The minimum Gasteiger partial charge on any atom is -0.497 e. The molecule has 3 aromatic heterocycles. The summed E-state index contributed by atoms with van der Waals surface area (Å²) in [7, 11) is 1.65. The Morgan fingerprint density at radius 3 is 2.75 bits per heavy atom. The van der Waals surface area contributed by atoms with E-state index in [9.17, 15) is 0 Å². The van der Waals surface area contributed by atoms with Crippen molar-refractivity contribution < 1.29 is 4.74 Å². The van der Waals surface area contributed by atoms with Gasteiger partial charge >= 0.3 is 0 Å². The van der Waals surface area contributed by atoms with Crippen LogP contribution >= 0.6 is 11.3 Å². The van der Waals surface area contributed by atoms with Gasteiger partial charge in [-0.05, 0) is 35.7 Å². The van der Waals surface area contributed by atoms with Crippen LogP contribution in [0.25, 0.3) is 27.3 Å². The summed E-state index contributed by atoms with van der Waals surface area (Å²) < 4.78 is 8.14. The Morgan fingerprint density at radius 1 is 1.10 bits per heavy atom. The molecule has 0 amide bonds. The van der Waals surface area contributed by atoms with Gasteiger partial charge in [0.05, 0.1) is 17.3 Å². The second-order valence-corrected chi connectivity index (χ2v) is 5.24. The molecule has 0 N–H and O–H groups in total. The van der Waals surface area contributed by atoms with Crippen molar-refractivity contribution in [2.45, 2.75) is 0 Å². The zero-order valence-electron chi connectivity index (χ0n) is 10.6. The van der Waals surface area contributed by atoms with Gasteiger partial charge < -0.3 is 4.74 Å². The highest BCUT2D eigenvalue weighted by Gasteiger charge is 2.12. The third kappa shape index (κ3) is 1.58. The van der Waals surface area contributed by atoms with Crippen molar-refractivity contribution in [3.05, 3.63) is 42.0 Å². The summed E-state index contributed by atoms with van der Waals surface area (Å²) in [5.41, 5.74) is 2.78. The Kier molecular flexibility index (Phi) is 2.43. The van der Waals surface area contributed by atoms with Gasteiger partial charge in [-0.25, -0.2) is 4.98 Å². The predicted molar refractivity (Wildman–Crippen MR) is 78.2 cm³/mol. The highest BCUT2D eigenvalue weighted by molar-refractivity contribution is 7.17. The highest BCUT2D eigenvalue weighted by atomic mass is 32.1. The molecule has 0 aliphatic rings. The van der Waals surface area contributed by atoms with Crippen molar-refractivity contribution in [1.82, 2.24) is 19.6 Å². The van der Waals surface area contributed by atoms with E-state index in [-0.39, 0.29) is 0 Å². The van der Waals surface area contributed by atoms with Gasteiger partial charge in [-0.3, -0.25) is 4.40 Å². The van der Waals surface area contributed by atoms with Gasteiger partial charge in [0.15, 0.2) is 11.5 Å². The summed E-state index contributed by atoms with van der Waals surface area (Å²) in [4.78, 5) is 4.43. The minimum absolute atomic E-state index is 0.783. The Bertz CT molecular complexity index is 894. The first-order chi connectivity index (χ1) is 9.86. The quantitative estimate of drug-likeness (QED) is 0.567. The van der Waals surface area contributed by atoms with Gasteiger partial charge in [0.25, 0.3) is 0 Å². The molecule has 0 bridgehead atoms. The summed E-state index contributed by atoms with van der Waals surface area (Å²) in [5.74, 6) is 1.60. The average Bonchev–Trinajstić information content (AvgIpc) is 3.13. The lowest BCUT2D eigenvalue weighted by Gasteiger charge is -2.02. The average molecular weight is 282 g/mol. The Labute approximate surface area is 118 Å². The lowest BCUT2D eigenvalue weighted by atomic mass is 10.2. The van der Waals surface area contributed by atoms with E-state index >= 15 is 0 Å². The first kappa shape index (κ1) is 11.4. The molecule has 0 atom stereocenters. The smallest absolute Gasteiger partial charge is 0.181 e. The SMILES string of the molecule is COc1ccc(-c2nnc3c4sccc4ncn23)cc1. The van der Waals surface area contributed by atoms with E-state index in [4.69, 9.17) is 4.74 Å². The Hall–Kier alpha value is -2.47. The van der Waals surface area contributed by atoms with E-state index in [0.717, 1.165) is 33.0 Å². The molecule has 4 aromatic rings. The van der Waals surface area contributed by atoms with Crippen LogP contribution in [-0.2, 0) is 0 Å². The summed E-state index contributed by atoms with van der Waals surface area (Å²) >= 11 is 1.63. The topological polar surface area (TPSA) is 52.3 Å². The van der Waals surface area contributed by atoms with Gasteiger partial charge in [0, 0.05) is 5.56 Å². The van der Waals surface area contributed by atoms with Gasteiger partial charge in [0.2, 0.25) is 0 Å². The summed E-state index contributed by atoms with van der Waals surface area (Å²) in [6, 6.07) is 9.74. The zero-order chi connectivity index (χ0) is 13.5. The molecular weight excluding hydrogens is 272 g/mol. The monoisotopic (exact) mass is 282 g/mol. The first-order valence-corrected chi connectivity index (χ1v) is 6.96. The maximum Gasteiger partial charge on any atom is 0.181 e. The number of thiophene rings is 1. The van der Waals surface area contributed by atoms with Gasteiger partial charge in [-0.2, -0.15) is 0 Å². The fourth-order valence-electron chi connectivity index (χ4n) is 2.18. The molecule has 3 heterocycles. The van der Waals surface area contributed by atoms with E-state index < -0.39 is 0 Å². The van der Waals surface area contributed by atoms with Crippen LogP contribution in [-0.4, -0.2) is 26.7 Å². The summed E-state index contributed by atoms with van der Waals surface area (Å²) in [5, 5.41) is 10.6. The van der Waals surface area contributed by atoms with Crippen molar-refractivity contribution >= 4 is 27.2 Å². The van der Waals surface area contributed by atoms with Crippen LogP contribution in [0.4, 0.5) is 0 Å². The number of nitrogens with zero attached hydrogens (tertiary/aromatic N) is 4. The second-order valence-electron chi connectivity index (χ2n) is 4.33. The molecule has 0 spiro atoms. The number of benzene rings is 1. The number of hydrogen-bond donors (Lipinski definition) is 0. The third-order valence-corrected chi connectivity index (χ3v) is 4.10. The molecule has 98 valence electrons. The van der Waals surface area contributed by atoms with Crippen LogP contribution in [0.15, 0.2) is 42.0 Å². The van der Waals surface area contributed by atoms with Gasteiger partial charge in [-0.1, -0.05) is 0 Å². The van der Waals surface area contributed by atoms with Crippen molar-refractivity contribution in [1.29, 1.82) is 0 Å². The van der Waals surface area contributed by atoms with Crippen LogP contribution in [0.5, 0.6) is 5.75 Å². The molecule has 4 rings (SSSR count). The fraction of sp³-hybridized carbons (Fsp3) is 0.0714. The lowest BCUT2D eigenvalue weighted by Crippen LogP contribution is -1.91. The molecule has 20 heavy (non-hydrogen) atoms. The Morgan fingerprint density at radius 2 is 1.95 bits per heavy atom. The van der Waals surface area contributed by atoms with Crippen LogP contribution in [0.2, 0.25) is 0 Å². The predicted octanol–water partition coefficient (Wildman–Crippen LogP) is 3.01. The van der Waals surface area contributed by atoms with Crippen LogP contribution < -0.4 is 4.74 Å². The zero-order valence-corrected chi connectivity index (χ0v) is 11.5. The van der Waals surface area contributed by atoms with E-state index in [0.29, 0.717) is 0 Å². The highest BCUT2D eigenvalue weighted by Crippen LogP contribution is 2.26. The molecule has 0 unspecified atom stereocenters. The molecule has 0 saturated carbocycles. The van der Waals surface area contributed by atoms with Crippen molar-refractivity contribution in [2.24, 2.45) is 0 Å². The standard InChI is InChI=1S/C14H10N4OS/c1-19-10-4-2-9(3-5-10)13-16-17-14-12-11(6-7-20-12)15-8-18(13)14/h2-8H,1H3. The van der Waals surface area contributed by atoms with E-state index in [1.54, 1.807) is 24.8 Å². The molecule has 0 aliphatic carbocycles. The number of fused-ring (bicyclic) bond motifs is 3. The second kappa shape index (κ2) is 4.28. The van der Waals surface area contributed by atoms with Crippen molar-refractivity contribution in [3.8, 4) is 17.1 Å². The van der Waals surface area contributed by atoms with E-state index in [2.05, 4.69) is 15.2 Å². The maximum absolute atomic E-state index is 5.17. The van der Waals surface area contributed by atoms with Gasteiger partial charge in [-0.15, -0.1) is 21.5 Å². The largest absolute Gasteiger partial charge is 0.497 e. The molecule has 6 heteroatoms. The normalized spacial score (nSPS) is 11.2. The molecule has 0 aliphatic heterocycles. The molecule has 0 radical (unpaired) electrons. The molecular formula is C14H10N4OS. The van der Waals surface area contributed by atoms with Crippen LogP contribution in [0.3, 0.4) is 0 Å². The van der Waals surface area contributed by atoms with Crippen LogP contribution in [0.1, 0.15) is 0 Å². The lowest BCUT2D eigenvalue weighted by molar-refractivity contribution is 0.415.